The highest BCUT2D eigenvalue weighted by molar-refractivity contribution is 6.22. The molecule has 4 atom stereocenters. The molecule has 0 radical (unpaired) electrons. The van der Waals surface area contributed by atoms with Crippen LogP contribution in [0.15, 0.2) is 52.9 Å². The summed E-state index contributed by atoms with van der Waals surface area (Å²) in [5.74, 6) is -5.05. The number of benzene rings is 2. The number of rotatable bonds is 5. The number of aromatic hydroxyl groups is 1. The van der Waals surface area contributed by atoms with E-state index in [1.807, 2.05) is 25.1 Å². The van der Waals surface area contributed by atoms with Crippen LogP contribution in [0.4, 0.5) is 5.69 Å². The molecule has 1 unspecified atom stereocenters. The first-order chi connectivity index (χ1) is 19.3. The summed E-state index contributed by atoms with van der Waals surface area (Å²) in [6.07, 6.45) is 0.702. The number of phenols is 1. The first-order valence-electron chi connectivity index (χ1n) is 13.4. The Hall–Kier alpha value is -4.44. The number of nitrogens with two attached hydrogens (primary N) is 2. The lowest BCUT2D eigenvalue weighted by Gasteiger charge is -2.46. The predicted molar refractivity (Wildman–Crippen MR) is 154 cm³/mol. The molecule has 2 aromatic rings. The molecule has 2 aromatic carbocycles. The Kier molecular flexibility index (Phi) is 6.77. The number of phenolic OH excluding ortho intramolecular Hbond substituents is 1. The number of fused-ring (bicyclic) bond motifs is 3. The van der Waals surface area contributed by atoms with Crippen LogP contribution in [0.2, 0.25) is 0 Å². The molecule has 10 nitrogen and oxygen atoms in total. The average Bonchev–Trinajstić information content (AvgIpc) is 2.87. The molecule has 3 aliphatic carbocycles. The van der Waals surface area contributed by atoms with Gasteiger partial charge >= 0.3 is 0 Å². The maximum absolute atomic E-state index is 14.2. The number of carbonyl (C=O) groups excluding carboxylic acids is 4. The Morgan fingerprint density at radius 1 is 1.02 bits per heavy atom. The number of amides is 1. The summed E-state index contributed by atoms with van der Waals surface area (Å²) in [5, 5.41) is 23.1. The molecular formula is C31H34N4O6. The fourth-order valence-electron chi connectivity index (χ4n) is 6.91. The van der Waals surface area contributed by atoms with Gasteiger partial charge in [-0.1, -0.05) is 24.3 Å². The van der Waals surface area contributed by atoms with Gasteiger partial charge in [0.05, 0.1) is 17.5 Å². The monoisotopic (exact) mass is 558 g/mol. The second-order valence-electron chi connectivity index (χ2n) is 11.5. The number of anilines is 1. The molecule has 6 N–H and O–H groups in total. The standard InChI is InChI=1S/C31H34N4O6/c1-13(36)14-6-8-15(9-7-14)17-12-20(34(2)3)18-10-16-11-19-23(29(39)21(16)28(38)22(18)27(17)37)30(40)24(31(33)41)25(32)26(19)35(4)5/h6-9,12,16,19,23,26,37,39H,10-11,32H2,1-5H3,(H2,33,41)/t16-,19+,23?,26-/m0/s1. The minimum atomic E-state index is -1.16. The molecule has 10 heteroatoms. The second-order valence-corrected chi connectivity index (χ2v) is 11.5. The van der Waals surface area contributed by atoms with E-state index < -0.39 is 47.0 Å². The van der Waals surface area contributed by atoms with Crippen LogP contribution >= 0.6 is 0 Å². The molecule has 0 aliphatic heterocycles. The average molecular weight is 559 g/mol. The molecule has 0 saturated carbocycles. The number of allylic oxidation sites excluding steroid dienone is 2. The van der Waals surface area contributed by atoms with Gasteiger partial charge in [0.1, 0.15) is 17.1 Å². The van der Waals surface area contributed by atoms with Crippen molar-refractivity contribution in [3.8, 4) is 16.9 Å². The summed E-state index contributed by atoms with van der Waals surface area (Å²) >= 11 is 0. The van der Waals surface area contributed by atoms with Gasteiger partial charge in [0.2, 0.25) is 0 Å². The highest BCUT2D eigenvalue weighted by Crippen LogP contribution is 2.52. The van der Waals surface area contributed by atoms with Crippen molar-refractivity contribution in [3.05, 3.63) is 69.6 Å². The summed E-state index contributed by atoms with van der Waals surface area (Å²) < 4.78 is 0. The van der Waals surface area contributed by atoms with E-state index in [4.69, 9.17) is 11.5 Å². The molecule has 41 heavy (non-hydrogen) atoms. The number of likely N-dealkylation sites (N-methyl/N-ethyl adjacent to an activating group) is 1. The zero-order valence-corrected chi connectivity index (χ0v) is 23.7. The van der Waals surface area contributed by atoms with Gasteiger partial charge in [0.15, 0.2) is 17.3 Å². The van der Waals surface area contributed by atoms with Crippen LogP contribution in [0, 0.1) is 17.8 Å². The molecule has 0 bridgehead atoms. The fourth-order valence-corrected chi connectivity index (χ4v) is 6.91. The number of primary amides is 1. The summed E-state index contributed by atoms with van der Waals surface area (Å²) in [4.78, 5) is 55.3. The Labute approximate surface area is 237 Å². The number of nitrogens with zero attached hydrogens (tertiary/aromatic N) is 2. The summed E-state index contributed by atoms with van der Waals surface area (Å²) in [7, 11) is 7.23. The molecule has 5 rings (SSSR count). The lowest BCUT2D eigenvalue weighted by molar-refractivity contribution is -0.126. The van der Waals surface area contributed by atoms with E-state index in [2.05, 4.69) is 0 Å². The molecule has 0 spiro atoms. The van der Waals surface area contributed by atoms with Gasteiger partial charge in [-0.2, -0.15) is 0 Å². The molecule has 0 fully saturated rings. The van der Waals surface area contributed by atoms with Gasteiger partial charge in [-0.3, -0.25) is 19.2 Å². The van der Waals surface area contributed by atoms with E-state index in [1.165, 1.54) is 6.92 Å². The summed E-state index contributed by atoms with van der Waals surface area (Å²) in [5.41, 5.74) is 14.6. The normalized spacial score (nSPS) is 23.8. The van der Waals surface area contributed by atoms with Crippen molar-refractivity contribution in [1.29, 1.82) is 0 Å². The molecule has 3 aliphatic rings. The van der Waals surface area contributed by atoms with Crippen molar-refractivity contribution < 1.29 is 29.4 Å². The van der Waals surface area contributed by atoms with E-state index in [9.17, 15) is 29.4 Å². The van der Waals surface area contributed by atoms with Crippen molar-refractivity contribution in [2.24, 2.45) is 29.2 Å². The first kappa shape index (κ1) is 28.1. The molecule has 214 valence electrons. The number of aliphatic hydroxyl groups excluding tert-OH is 1. The van der Waals surface area contributed by atoms with Gasteiger partial charge in [-0.25, -0.2) is 0 Å². The SMILES string of the molecule is CC(=O)c1ccc(-c2cc(N(C)C)c3c(c2O)C(=O)C2=C(O)C4C(=O)C(C(N)=O)=C(N)[C@@H](N(C)C)[C@@H]4C[C@@H]2C3)cc1. The third-order valence-electron chi connectivity index (χ3n) is 8.70. The third kappa shape index (κ3) is 4.21. The topological polar surface area (TPSA) is 167 Å². The predicted octanol–water partition coefficient (Wildman–Crippen LogP) is 2.34. The van der Waals surface area contributed by atoms with Crippen LogP contribution in [0.3, 0.4) is 0 Å². The lowest BCUT2D eigenvalue weighted by atomic mass is 9.60. The zero-order chi connectivity index (χ0) is 30.1. The van der Waals surface area contributed by atoms with E-state index in [0.29, 0.717) is 35.1 Å². The smallest absolute Gasteiger partial charge is 0.254 e. The summed E-state index contributed by atoms with van der Waals surface area (Å²) in [6.45, 7) is 1.47. The van der Waals surface area contributed by atoms with Crippen molar-refractivity contribution >= 4 is 28.9 Å². The second kappa shape index (κ2) is 9.88. The van der Waals surface area contributed by atoms with Gasteiger partial charge in [-0.15, -0.1) is 0 Å². The maximum atomic E-state index is 14.2. The van der Waals surface area contributed by atoms with Gasteiger partial charge in [0.25, 0.3) is 5.91 Å². The molecule has 0 saturated heterocycles. The Morgan fingerprint density at radius 2 is 1.66 bits per heavy atom. The van der Waals surface area contributed by atoms with Crippen LogP contribution in [-0.4, -0.2) is 72.6 Å². The van der Waals surface area contributed by atoms with Crippen LogP contribution < -0.4 is 16.4 Å². The Balaban J connectivity index is 1.70. The van der Waals surface area contributed by atoms with Crippen LogP contribution in [0.5, 0.6) is 5.75 Å². The highest BCUT2D eigenvalue weighted by atomic mass is 16.3. The number of ketones is 3. The van der Waals surface area contributed by atoms with Gasteiger partial charge < -0.3 is 31.5 Å². The maximum Gasteiger partial charge on any atom is 0.254 e. The molecular weight excluding hydrogens is 524 g/mol. The molecule has 1 amide bonds. The fraction of sp³-hybridized carbons (Fsp3) is 0.355. The van der Waals surface area contributed by atoms with Crippen molar-refractivity contribution in [2.45, 2.75) is 25.8 Å². The van der Waals surface area contributed by atoms with Gasteiger partial charge in [0, 0.05) is 42.2 Å². The van der Waals surface area contributed by atoms with E-state index in [1.54, 1.807) is 43.3 Å². The van der Waals surface area contributed by atoms with E-state index in [-0.39, 0.29) is 33.9 Å². The Morgan fingerprint density at radius 3 is 2.20 bits per heavy atom. The van der Waals surface area contributed by atoms with E-state index in [0.717, 1.165) is 5.69 Å². The van der Waals surface area contributed by atoms with Crippen molar-refractivity contribution in [2.75, 3.05) is 33.1 Å². The number of aliphatic hydroxyl groups is 1. The minimum absolute atomic E-state index is 0.0655. The lowest BCUT2D eigenvalue weighted by Crippen LogP contribution is -2.54. The highest BCUT2D eigenvalue weighted by Gasteiger charge is 2.54. The van der Waals surface area contributed by atoms with Gasteiger partial charge in [-0.05, 0) is 62.9 Å². The summed E-state index contributed by atoms with van der Waals surface area (Å²) in [6, 6.07) is 7.99. The molecule has 0 heterocycles. The van der Waals surface area contributed by atoms with Crippen molar-refractivity contribution in [1.82, 2.24) is 4.90 Å². The Bertz CT molecular complexity index is 1580. The van der Waals surface area contributed by atoms with E-state index >= 15 is 0 Å². The zero-order valence-electron chi connectivity index (χ0n) is 23.7. The van der Waals surface area contributed by atoms with Crippen molar-refractivity contribution in [3.63, 3.8) is 0 Å². The third-order valence-corrected chi connectivity index (χ3v) is 8.70. The number of Topliss-reactive ketones (excluding diaryl/α,β-unsaturated/α-hetero) is 3. The number of carbonyl (C=O) groups is 4. The van der Waals surface area contributed by atoms with Crippen LogP contribution in [0.25, 0.3) is 11.1 Å². The first-order valence-corrected chi connectivity index (χ1v) is 13.4. The number of hydrogen-bond acceptors (Lipinski definition) is 9. The quantitative estimate of drug-likeness (QED) is 0.318. The molecule has 0 aromatic heterocycles. The van der Waals surface area contributed by atoms with Crippen LogP contribution in [0.1, 0.15) is 39.6 Å². The largest absolute Gasteiger partial charge is 0.511 e. The van der Waals surface area contributed by atoms with Crippen LogP contribution in [-0.2, 0) is 16.0 Å². The number of hydrogen-bond donors (Lipinski definition) is 4. The minimum Gasteiger partial charge on any atom is -0.511 e.